The summed E-state index contributed by atoms with van der Waals surface area (Å²) in [6, 6.07) is 13.4. The average Bonchev–Trinajstić information content (AvgIpc) is 2.38. The van der Waals surface area contributed by atoms with Gasteiger partial charge in [0.05, 0.1) is 5.56 Å². The van der Waals surface area contributed by atoms with Crippen LogP contribution in [-0.4, -0.2) is 0 Å². The van der Waals surface area contributed by atoms with E-state index in [1.165, 1.54) is 12.1 Å². The van der Waals surface area contributed by atoms with Crippen molar-refractivity contribution >= 4 is 38.5 Å². The lowest BCUT2D eigenvalue weighted by atomic mass is 10.0. The molecule has 0 aliphatic rings. The van der Waals surface area contributed by atoms with Crippen molar-refractivity contribution < 1.29 is 13.2 Å². The van der Waals surface area contributed by atoms with E-state index >= 15 is 0 Å². The summed E-state index contributed by atoms with van der Waals surface area (Å²) >= 11 is 5.83. The molecular formula is C15H11BrF3I. The van der Waals surface area contributed by atoms with Crippen molar-refractivity contribution in [3.8, 4) is 0 Å². The van der Waals surface area contributed by atoms with Gasteiger partial charge in [-0.2, -0.15) is 13.2 Å². The minimum atomic E-state index is -4.28. The molecule has 5 heteroatoms. The van der Waals surface area contributed by atoms with Gasteiger partial charge in [0.2, 0.25) is 0 Å². The van der Waals surface area contributed by atoms with E-state index < -0.39 is 11.7 Å². The van der Waals surface area contributed by atoms with Crippen molar-refractivity contribution in [2.24, 2.45) is 0 Å². The van der Waals surface area contributed by atoms with Gasteiger partial charge < -0.3 is 0 Å². The molecule has 0 heterocycles. The highest BCUT2D eigenvalue weighted by atomic mass is 127. The molecule has 0 aliphatic heterocycles. The average molecular weight is 455 g/mol. The second-order valence-electron chi connectivity index (χ2n) is 4.42. The fourth-order valence-corrected chi connectivity index (χ4v) is 3.08. The molecule has 0 radical (unpaired) electrons. The molecular weight excluding hydrogens is 444 g/mol. The minimum Gasteiger partial charge on any atom is -0.166 e. The van der Waals surface area contributed by atoms with Crippen LogP contribution in [0.5, 0.6) is 0 Å². The van der Waals surface area contributed by atoms with Crippen LogP contribution in [0, 0.1) is 3.57 Å². The first-order valence-corrected chi connectivity index (χ1v) is 7.91. The maximum absolute atomic E-state index is 12.5. The Morgan fingerprint density at radius 2 is 1.70 bits per heavy atom. The Morgan fingerprint density at radius 1 is 1.05 bits per heavy atom. The van der Waals surface area contributed by atoms with Crippen molar-refractivity contribution in [3.63, 3.8) is 0 Å². The minimum absolute atomic E-state index is 0.0916. The zero-order chi connectivity index (χ0) is 14.8. The van der Waals surface area contributed by atoms with Crippen LogP contribution < -0.4 is 0 Å². The van der Waals surface area contributed by atoms with E-state index in [1.807, 2.05) is 18.2 Å². The van der Waals surface area contributed by atoms with Gasteiger partial charge in [0.1, 0.15) is 0 Å². The van der Waals surface area contributed by atoms with Gasteiger partial charge >= 0.3 is 6.18 Å². The van der Waals surface area contributed by atoms with E-state index in [-0.39, 0.29) is 4.83 Å². The molecule has 20 heavy (non-hydrogen) atoms. The Kier molecular flexibility index (Phi) is 5.12. The molecule has 1 atom stereocenters. The van der Waals surface area contributed by atoms with Crippen LogP contribution in [0.4, 0.5) is 13.2 Å². The molecule has 0 nitrogen and oxygen atoms in total. The SMILES string of the molecule is FC(F)(F)c1ccc(CC(Br)c2cccc(I)c2)cc1. The fraction of sp³-hybridized carbons (Fsp3) is 0.200. The van der Waals surface area contributed by atoms with Gasteiger partial charge in [-0.1, -0.05) is 40.2 Å². The van der Waals surface area contributed by atoms with Crippen molar-refractivity contribution in [3.05, 3.63) is 68.8 Å². The molecule has 0 aliphatic carbocycles. The zero-order valence-corrected chi connectivity index (χ0v) is 14.0. The zero-order valence-electron chi connectivity index (χ0n) is 10.3. The molecule has 0 bridgehead atoms. The first-order chi connectivity index (χ1) is 9.36. The van der Waals surface area contributed by atoms with Crippen molar-refractivity contribution in [2.75, 3.05) is 0 Å². The molecule has 106 valence electrons. The number of hydrogen-bond donors (Lipinski definition) is 0. The van der Waals surface area contributed by atoms with Crippen LogP contribution in [0.15, 0.2) is 48.5 Å². The summed E-state index contributed by atoms with van der Waals surface area (Å²) in [6.45, 7) is 0. The summed E-state index contributed by atoms with van der Waals surface area (Å²) in [7, 11) is 0. The largest absolute Gasteiger partial charge is 0.416 e. The Balaban J connectivity index is 2.10. The summed E-state index contributed by atoms with van der Waals surface area (Å²) in [4.78, 5) is 0.0916. The standard InChI is InChI=1S/C15H11BrF3I/c16-14(11-2-1-3-13(20)9-11)8-10-4-6-12(7-5-10)15(17,18)19/h1-7,9,14H,8H2. The van der Waals surface area contributed by atoms with E-state index in [0.29, 0.717) is 6.42 Å². The van der Waals surface area contributed by atoms with Crippen molar-refractivity contribution in [1.82, 2.24) is 0 Å². The molecule has 0 amide bonds. The smallest absolute Gasteiger partial charge is 0.166 e. The highest BCUT2D eigenvalue weighted by Crippen LogP contribution is 2.31. The lowest BCUT2D eigenvalue weighted by molar-refractivity contribution is -0.137. The molecule has 1 unspecified atom stereocenters. The first-order valence-electron chi connectivity index (χ1n) is 5.92. The number of benzene rings is 2. The van der Waals surface area contributed by atoms with E-state index in [2.05, 4.69) is 44.6 Å². The Hall–Kier alpha value is -0.560. The molecule has 0 saturated carbocycles. The second-order valence-corrected chi connectivity index (χ2v) is 6.77. The van der Waals surface area contributed by atoms with Crippen molar-refractivity contribution in [2.45, 2.75) is 17.4 Å². The van der Waals surface area contributed by atoms with E-state index in [0.717, 1.165) is 26.8 Å². The topological polar surface area (TPSA) is 0 Å². The Labute approximate surface area is 137 Å². The van der Waals surface area contributed by atoms with E-state index in [1.54, 1.807) is 0 Å². The summed E-state index contributed by atoms with van der Waals surface area (Å²) in [5.74, 6) is 0. The highest BCUT2D eigenvalue weighted by molar-refractivity contribution is 14.1. The quantitative estimate of drug-likeness (QED) is 0.394. The summed E-state index contributed by atoms with van der Waals surface area (Å²) in [6.07, 6.45) is -3.62. The molecule has 0 aromatic heterocycles. The van der Waals surface area contributed by atoms with Gasteiger partial charge in [-0.3, -0.25) is 0 Å². The first kappa shape index (κ1) is 15.8. The molecule has 0 saturated heterocycles. The van der Waals surface area contributed by atoms with E-state index in [9.17, 15) is 13.2 Å². The number of hydrogen-bond acceptors (Lipinski definition) is 0. The summed E-state index contributed by atoms with van der Waals surface area (Å²) < 4.78 is 38.6. The number of alkyl halides is 4. The Bertz CT molecular complexity index is 578. The van der Waals surface area contributed by atoms with Crippen LogP contribution in [0.3, 0.4) is 0 Å². The summed E-state index contributed by atoms with van der Waals surface area (Å²) in [5.41, 5.74) is 1.39. The number of rotatable bonds is 3. The lowest BCUT2D eigenvalue weighted by Crippen LogP contribution is -2.05. The molecule has 0 fully saturated rings. The highest BCUT2D eigenvalue weighted by Gasteiger charge is 2.29. The Morgan fingerprint density at radius 3 is 2.25 bits per heavy atom. The normalized spacial score (nSPS) is 13.2. The van der Waals surface area contributed by atoms with Crippen LogP contribution in [0.25, 0.3) is 0 Å². The third-order valence-electron chi connectivity index (χ3n) is 2.91. The molecule has 0 N–H and O–H groups in total. The molecule has 2 aromatic rings. The molecule has 0 spiro atoms. The maximum atomic E-state index is 12.5. The fourth-order valence-electron chi connectivity index (χ4n) is 1.86. The van der Waals surface area contributed by atoms with Gasteiger partial charge in [-0.05, 0) is 64.4 Å². The van der Waals surface area contributed by atoms with Gasteiger partial charge in [-0.15, -0.1) is 0 Å². The van der Waals surface area contributed by atoms with Gasteiger partial charge in [0, 0.05) is 8.40 Å². The monoisotopic (exact) mass is 454 g/mol. The molecule has 2 aromatic carbocycles. The predicted molar refractivity (Wildman–Crippen MR) is 86.0 cm³/mol. The van der Waals surface area contributed by atoms with E-state index in [4.69, 9.17) is 0 Å². The third-order valence-corrected chi connectivity index (χ3v) is 4.43. The number of halogens is 5. The van der Waals surface area contributed by atoms with Crippen LogP contribution in [0.2, 0.25) is 0 Å². The lowest BCUT2D eigenvalue weighted by Gasteiger charge is -2.12. The third kappa shape index (κ3) is 4.22. The second kappa shape index (κ2) is 6.47. The van der Waals surface area contributed by atoms with Gasteiger partial charge in [-0.25, -0.2) is 0 Å². The maximum Gasteiger partial charge on any atom is 0.416 e. The van der Waals surface area contributed by atoms with Gasteiger partial charge in [0.25, 0.3) is 0 Å². The summed E-state index contributed by atoms with van der Waals surface area (Å²) in [5, 5.41) is 0. The van der Waals surface area contributed by atoms with Crippen LogP contribution in [0.1, 0.15) is 21.5 Å². The van der Waals surface area contributed by atoms with Crippen LogP contribution in [-0.2, 0) is 12.6 Å². The van der Waals surface area contributed by atoms with Crippen molar-refractivity contribution in [1.29, 1.82) is 0 Å². The van der Waals surface area contributed by atoms with Crippen LogP contribution >= 0.6 is 38.5 Å². The predicted octanol–water partition coefficient (Wildman–Crippen LogP) is 5.99. The van der Waals surface area contributed by atoms with Gasteiger partial charge in [0.15, 0.2) is 0 Å². The molecule has 2 rings (SSSR count).